The van der Waals surface area contributed by atoms with E-state index in [0.29, 0.717) is 21.4 Å². The number of carbonyl (C=O) groups is 1. The van der Waals surface area contributed by atoms with Crippen molar-refractivity contribution in [2.75, 3.05) is 5.75 Å². The quantitative estimate of drug-likeness (QED) is 0.774. The van der Waals surface area contributed by atoms with E-state index in [-0.39, 0.29) is 11.5 Å². The van der Waals surface area contributed by atoms with Gasteiger partial charge in [0.2, 0.25) is 0 Å². The fraction of sp³-hybridized carbons (Fsp3) is 0.133. The third-order valence-electron chi connectivity index (χ3n) is 2.71. The van der Waals surface area contributed by atoms with Crippen molar-refractivity contribution >= 4 is 39.8 Å². The van der Waals surface area contributed by atoms with Crippen molar-refractivity contribution in [3.05, 3.63) is 69.7 Å². The van der Waals surface area contributed by atoms with Crippen molar-refractivity contribution < 1.29 is 9.00 Å². The molecule has 0 saturated carbocycles. The van der Waals surface area contributed by atoms with Crippen LogP contribution < -0.4 is 0 Å². The van der Waals surface area contributed by atoms with Gasteiger partial charge in [-0.15, -0.1) is 0 Å². The van der Waals surface area contributed by atoms with Crippen LogP contribution in [-0.2, 0) is 16.6 Å². The highest BCUT2D eigenvalue weighted by Crippen LogP contribution is 2.17. The van der Waals surface area contributed by atoms with Crippen molar-refractivity contribution in [1.29, 1.82) is 0 Å². The molecular weight excluding hydrogens is 315 g/mol. The van der Waals surface area contributed by atoms with Crippen LogP contribution in [0.2, 0.25) is 10.0 Å². The Kier molecular flexibility index (Phi) is 5.35. The third kappa shape index (κ3) is 4.17. The van der Waals surface area contributed by atoms with Gasteiger partial charge in [0.15, 0.2) is 5.78 Å². The highest BCUT2D eigenvalue weighted by molar-refractivity contribution is 7.85. The Bertz CT molecular complexity index is 639. The molecule has 0 radical (unpaired) electrons. The predicted molar refractivity (Wildman–Crippen MR) is 83.9 cm³/mol. The first-order valence-corrected chi connectivity index (χ1v) is 8.18. The van der Waals surface area contributed by atoms with Gasteiger partial charge in [0, 0.05) is 27.1 Å². The van der Waals surface area contributed by atoms with Gasteiger partial charge in [-0.25, -0.2) is 0 Å². The molecule has 1 atom stereocenters. The van der Waals surface area contributed by atoms with Gasteiger partial charge in [-0.1, -0.05) is 47.5 Å². The number of Topliss-reactive ketones (excluding diaryl/α,β-unsaturated/α-hetero) is 1. The molecule has 104 valence electrons. The molecular formula is C15H12Cl2O2S. The molecule has 20 heavy (non-hydrogen) atoms. The van der Waals surface area contributed by atoms with Crippen molar-refractivity contribution in [3.63, 3.8) is 0 Å². The highest BCUT2D eigenvalue weighted by Gasteiger charge is 2.13. The van der Waals surface area contributed by atoms with Crippen molar-refractivity contribution in [3.8, 4) is 0 Å². The van der Waals surface area contributed by atoms with Crippen LogP contribution in [0.15, 0.2) is 48.5 Å². The number of ketones is 1. The summed E-state index contributed by atoms with van der Waals surface area (Å²) in [6, 6.07) is 13.9. The zero-order valence-electron chi connectivity index (χ0n) is 10.5. The standard InChI is InChI=1S/C15H12Cl2O2S/c16-12-7-5-11(6-8-12)9-20(19)10-15(18)13-3-1-2-4-14(13)17/h1-8H,9-10H2. The van der Waals surface area contributed by atoms with Gasteiger partial charge >= 0.3 is 0 Å². The molecule has 2 nitrogen and oxygen atoms in total. The molecule has 5 heteroatoms. The summed E-state index contributed by atoms with van der Waals surface area (Å²) >= 11 is 11.7. The van der Waals surface area contributed by atoms with Crippen molar-refractivity contribution in [1.82, 2.24) is 0 Å². The summed E-state index contributed by atoms with van der Waals surface area (Å²) < 4.78 is 12.0. The molecule has 0 aliphatic carbocycles. The molecule has 0 aromatic heterocycles. The van der Waals surface area contributed by atoms with Crippen LogP contribution in [0.25, 0.3) is 0 Å². The first-order chi connectivity index (χ1) is 9.56. The Morgan fingerprint density at radius 1 is 1.00 bits per heavy atom. The van der Waals surface area contributed by atoms with Crippen LogP contribution in [0.3, 0.4) is 0 Å². The molecule has 2 aromatic carbocycles. The number of hydrogen-bond donors (Lipinski definition) is 0. The highest BCUT2D eigenvalue weighted by atomic mass is 35.5. The average Bonchev–Trinajstić information content (AvgIpc) is 2.41. The van der Waals surface area contributed by atoms with Crippen LogP contribution in [0.1, 0.15) is 15.9 Å². The summed E-state index contributed by atoms with van der Waals surface area (Å²) in [5, 5.41) is 1.02. The number of rotatable bonds is 5. The molecule has 0 fully saturated rings. The van der Waals surface area contributed by atoms with E-state index in [0.717, 1.165) is 5.56 Å². The van der Waals surface area contributed by atoms with Crippen LogP contribution in [0.4, 0.5) is 0 Å². The predicted octanol–water partition coefficient (Wildman–Crippen LogP) is 4.13. The van der Waals surface area contributed by atoms with E-state index in [1.165, 1.54) is 0 Å². The number of halogens is 2. The number of carbonyl (C=O) groups excluding carboxylic acids is 1. The Morgan fingerprint density at radius 3 is 2.30 bits per heavy atom. The average molecular weight is 327 g/mol. The van der Waals surface area contributed by atoms with E-state index in [2.05, 4.69) is 0 Å². The third-order valence-corrected chi connectivity index (χ3v) is 4.53. The molecule has 0 N–H and O–H groups in total. The smallest absolute Gasteiger partial charge is 0.176 e. The minimum Gasteiger partial charge on any atom is -0.293 e. The molecule has 0 aliphatic heterocycles. The molecule has 0 bridgehead atoms. The second kappa shape index (κ2) is 7.02. The molecule has 1 unspecified atom stereocenters. The number of benzene rings is 2. The van der Waals surface area contributed by atoms with E-state index < -0.39 is 10.8 Å². The fourth-order valence-electron chi connectivity index (χ4n) is 1.73. The summed E-state index contributed by atoms with van der Waals surface area (Å²) in [5.41, 5.74) is 1.30. The van der Waals surface area contributed by atoms with E-state index in [1.54, 1.807) is 48.5 Å². The zero-order valence-corrected chi connectivity index (χ0v) is 12.8. The summed E-state index contributed by atoms with van der Waals surface area (Å²) in [4.78, 5) is 12.0. The Morgan fingerprint density at radius 2 is 1.65 bits per heavy atom. The van der Waals surface area contributed by atoms with Gasteiger partial charge < -0.3 is 0 Å². The second-order valence-corrected chi connectivity index (χ2v) is 6.56. The Balaban J connectivity index is 2.00. The van der Waals surface area contributed by atoms with E-state index in [4.69, 9.17) is 23.2 Å². The first kappa shape index (κ1) is 15.2. The summed E-state index contributed by atoms with van der Waals surface area (Å²) in [5.74, 6) is 0.0857. The van der Waals surface area contributed by atoms with Crippen LogP contribution >= 0.6 is 23.2 Å². The van der Waals surface area contributed by atoms with Crippen molar-refractivity contribution in [2.45, 2.75) is 5.75 Å². The van der Waals surface area contributed by atoms with E-state index >= 15 is 0 Å². The lowest BCUT2D eigenvalue weighted by molar-refractivity contribution is 0.102. The summed E-state index contributed by atoms with van der Waals surface area (Å²) in [6.45, 7) is 0. The minimum absolute atomic E-state index is 0.0354. The van der Waals surface area contributed by atoms with Crippen LogP contribution in [0, 0.1) is 0 Å². The van der Waals surface area contributed by atoms with Gasteiger partial charge in [0.1, 0.15) is 0 Å². The molecule has 0 spiro atoms. The lowest BCUT2D eigenvalue weighted by atomic mass is 10.1. The fourth-order valence-corrected chi connectivity index (χ4v) is 3.21. The number of hydrogen-bond acceptors (Lipinski definition) is 2. The lowest BCUT2D eigenvalue weighted by Gasteiger charge is -2.04. The molecule has 2 aromatic rings. The lowest BCUT2D eigenvalue weighted by Crippen LogP contribution is -2.12. The first-order valence-electron chi connectivity index (χ1n) is 5.93. The maximum atomic E-state index is 12.0. The normalized spacial score (nSPS) is 12.1. The van der Waals surface area contributed by atoms with E-state index in [9.17, 15) is 9.00 Å². The monoisotopic (exact) mass is 326 g/mol. The topological polar surface area (TPSA) is 34.1 Å². The SMILES string of the molecule is O=C(CS(=O)Cc1ccc(Cl)cc1)c1ccccc1Cl. The van der Waals surface area contributed by atoms with Gasteiger partial charge in [0.05, 0.1) is 10.8 Å². The Labute approximate surface area is 130 Å². The van der Waals surface area contributed by atoms with Gasteiger partial charge in [0.25, 0.3) is 0 Å². The summed E-state index contributed by atoms with van der Waals surface area (Å²) in [7, 11) is -1.27. The minimum atomic E-state index is -1.27. The van der Waals surface area contributed by atoms with Gasteiger partial charge in [-0.2, -0.15) is 0 Å². The van der Waals surface area contributed by atoms with Crippen LogP contribution in [0.5, 0.6) is 0 Å². The molecule has 0 aliphatic rings. The maximum absolute atomic E-state index is 12.0. The van der Waals surface area contributed by atoms with Crippen LogP contribution in [-0.4, -0.2) is 15.7 Å². The Hall–Kier alpha value is -1.16. The largest absolute Gasteiger partial charge is 0.293 e. The second-order valence-electron chi connectivity index (χ2n) is 4.26. The zero-order chi connectivity index (χ0) is 14.5. The molecule has 0 heterocycles. The maximum Gasteiger partial charge on any atom is 0.176 e. The van der Waals surface area contributed by atoms with E-state index in [1.807, 2.05) is 0 Å². The molecule has 0 amide bonds. The van der Waals surface area contributed by atoms with Gasteiger partial charge in [-0.05, 0) is 29.8 Å². The molecule has 2 rings (SSSR count). The summed E-state index contributed by atoms with van der Waals surface area (Å²) in [6.07, 6.45) is 0. The van der Waals surface area contributed by atoms with Crippen molar-refractivity contribution in [2.24, 2.45) is 0 Å². The van der Waals surface area contributed by atoms with Gasteiger partial charge in [-0.3, -0.25) is 9.00 Å². The molecule has 0 saturated heterocycles.